The molecule has 0 bridgehead atoms. The zero-order valence-corrected chi connectivity index (χ0v) is 19.4. The third-order valence-corrected chi connectivity index (χ3v) is 4.70. The Morgan fingerprint density at radius 3 is 2.16 bits per heavy atom. The van der Waals surface area contributed by atoms with E-state index >= 15 is 0 Å². The number of carboxylic acid groups (broad SMARTS) is 1. The van der Waals surface area contributed by atoms with Gasteiger partial charge >= 0.3 is 29.6 Å². The van der Waals surface area contributed by atoms with Crippen LogP contribution in [0.3, 0.4) is 0 Å². The number of aromatic carboxylic acids is 1. The second kappa shape index (κ2) is 9.78. The average Bonchev–Trinajstić information content (AvgIpc) is 3.29. The molecular formula is C23H18N3NaO4. The van der Waals surface area contributed by atoms with Crippen molar-refractivity contribution in [2.45, 2.75) is 0 Å². The topological polar surface area (TPSA) is 89.3 Å². The monoisotopic (exact) mass is 423 g/mol. The first-order chi connectivity index (χ1) is 14.6. The summed E-state index contributed by atoms with van der Waals surface area (Å²) in [6, 6.07) is 19.9. The Kier molecular flexibility index (Phi) is 7.12. The van der Waals surface area contributed by atoms with Crippen LogP contribution in [-0.4, -0.2) is 35.2 Å². The molecule has 0 radical (unpaired) electrons. The molecule has 0 aliphatic heterocycles. The second-order valence-corrected chi connectivity index (χ2v) is 6.56. The van der Waals surface area contributed by atoms with Crippen LogP contribution < -0.4 is 44.1 Å². The molecule has 0 unspecified atom stereocenters. The summed E-state index contributed by atoms with van der Waals surface area (Å²) in [5.74, 6) is 0.204. The summed E-state index contributed by atoms with van der Waals surface area (Å²) in [5.41, 5.74) is 4.11. The largest absolute Gasteiger partial charge is 1.00 e. The first-order valence-corrected chi connectivity index (χ1v) is 9.15. The van der Waals surface area contributed by atoms with Gasteiger partial charge in [0.15, 0.2) is 0 Å². The number of carbonyl (C=O) groups excluding carboxylic acids is 1. The molecule has 0 N–H and O–H groups in total. The predicted molar refractivity (Wildman–Crippen MR) is 110 cm³/mol. The minimum Gasteiger partial charge on any atom is -0.545 e. The van der Waals surface area contributed by atoms with Gasteiger partial charge in [-0.15, -0.1) is 5.10 Å². The maximum atomic E-state index is 11.1. The van der Waals surface area contributed by atoms with E-state index in [9.17, 15) is 9.90 Å². The normalized spacial score (nSPS) is 10.3. The van der Waals surface area contributed by atoms with E-state index in [-0.39, 0.29) is 35.1 Å². The van der Waals surface area contributed by atoms with E-state index in [1.165, 1.54) is 12.1 Å². The van der Waals surface area contributed by atoms with Crippen molar-refractivity contribution in [1.29, 1.82) is 0 Å². The molecule has 0 atom stereocenters. The standard InChI is InChI=1S/C23H19N3O4.Na/c1-29-20-11-18(12-21(13-20)30-2)15-6-8-19(9-7-15)26-14-22(24-25-26)16-4-3-5-17(10-16)23(27)28;/h3-14H,1-2H3,(H,27,28);/q;+1/p-1. The summed E-state index contributed by atoms with van der Waals surface area (Å²) in [5, 5.41) is 19.4. The number of hydrogen-bond acceptors (Lipinski definition) is 6. The third kappa shape index (κ3) is 4.96. The Morgan fingerprint density at radius 1 is 0.871 bits per heavy atom. The molecule has 1 aromatic heterocycles. The third-order valence-electron chi connectivity index (χ3n) is 4.70. The van der Waals surface area contributed by atoms with Crippen LogP contribution in [0, 0.1) is 0 Å². The first kappa shape index (κ1) is 22.6. The van der Waals surface area contributed by atoms with Crippen LogP contribution in [0.4, 0.5) is 0 Å². The minimum absolute atomic E-state index is 0. The molecule has 0 spiro atoms. The first-order valence-electron chi connectivity index (χ1n) is 9.15. The number of benzene rings is 3. The van der Waals surface area contributed by atoms with Crippen LogP contribution >= 0.6 is 0 Å². The van der Waals surface area contributed by atoms with E-state index in [1.54, 1.807) is 37.2 Å². The SMILES string of the molecule is COc1cc(OC)cc(-c2ccc(-n3cc(-c4cccc(C(=O)[O-])c4)nn3)cc2)c1.[Na+]. The summed E-state index contributed by atoms with van der Waals surface area (Å²) in [6.07, 6.45) is 1.75. The number of carboxylic acids is 1. The van der Waals surface area contributed by atoms with Gasteiger partial charge in [0, 0.05) is 11.6 Å². The second-order valence-electron chi connectivity index (χ2n) is 6.56. The van der Waals surface area contributed by atoms with Crippen molar-refractivity contribution in [3.05, 3.63) is 78.5 Å². The van der Waals surface area contributed by atoms with Gasteiger partial charge < -0.3 is 19.4 Å². The van der Waals surface area contributed by atoms with Crippen LogP contribution in [0.2, 0.25) is 0 Å². The van der Waals surface area contributed by atoms with Crippen LogP contribution in [0.5, 0.6) is 11.5 Å². The molecule has 0 amide bonds. The Morgan fingerprint density at radius 2 is 1.55 bits per heavy atom. The Labute approximate surface area is 201 Å². The maximum Gasteiger partial charge on any atom is 1.00 e. The number of nitrogens with zero attached hydrogens (tertiary/aromatic N) is 3. The van der Waals surface area contributed by atoms with Gasteiger partial charge in [0.2, 0.25) is 0 Å². The van der Waals surface area contributed by atoms with Crippen LogP contribution in [0.25, 0.3) is 28.1 Å². The van der Waals surface area contributed by atoms with Gasteiger partial charge in [-0.3, -0.25) is 0 Å². The number of hydrogen-bond donors (Lipinski definition) is 0. The number of methoxy groups -OCH3 is 2. The smallest absolute Gasteiger partial charge is 0.545 e. The van der Waals surface area contributed by atoms with E-state index in [1.807, 2.05) is 42.5 Å². The number of ether oxygens (including phenoxy) is 2. The summed E-state index contributed by atoms with van der Waals surface area (Å²) < 4.78 is 12.3. The molecule has 150 valence electrons. The molecule has 1 heterocycles. The minimum atomic E-state index is -1.23. The number of carbonyl (C=O) groups is 1. The number of rotatable bonds is 6. The van der Waals surface area contributed by atoms with Gasteiger partial charge in [-0.1, -0.05) is 35.5 Å². The van der Waals surface area contributed by atoms with E-state index in [0.29, 0.717) is 22.8 Å². The molecule has 0 aliphatic rings. The summed E-state index contributed by atoms with van der Waals surface area (Å²) in [7, 11) is 3.24. The van der Waals surface area contributed by atoms with Crippen molar-refractivity contribution in [2.24, 2.45) is 0 Å². The fraction of sp³-hybridized carbons (Fsp3) is 0.0870. The van der Waals surface area contributed by atoms with Gasteiger partial charge in [-0.05, 0) is 47.0 Å². The van der Waals surface area contributed by atoms with Gasteiger partial charge in [-0.2, -0.15) is 0 Å². The van der Waals surface area contributed by atoms with Gasteiger partial charge in [0.1, 0.15) is 17.2 Å². The summed E-state index contributed by atoms with van der Waals surface area (Å²) in [6.45, 7) is 0. The molecule has 0 fully saturated rings. The molecular weight excluding hydrogens is 405 g/mol. The van der Waals surface area contributed by atoms with E-state index in [0.717, 1.165) is 16.8 Å². The average molecular weight is 423 g/mol. The predicted octanol–water partition coefficient (Wildman–Crippen LogP) is -0.0140. The molecule has 7 nitrogen and oxygen atoms in total. The molecule has 3 aromatic carbocycles. The molecule has 4 aromatic rings. The van der Waals surface area contributed by atoms with Gasteiger partial charge in [0.25, 0.3) is 0 Å². The molecule has 0 saturated carbocycles. The molecule has 31 heavy (non-hydrogen) atoms. The van der Waals surface area contributed by atoms with Crippen molar-refractivity contribution in [2.75, 3.05) is 14.2 Å². The van der Waals surface area contributed by atoms with Gasteiger partial charge in [-0.25, -0.2) is 4.68 Å². The molecule has 0 saturated heterocycles. The fourth-order valence-corrected chi connectivity index (χ4v) is 3.11. The fourth-order valence-electron chi connectivity index (χ4n) is 3.11. The molecule has 4 rings (SSSR count). The van der Waals surface area contributed by atoms with Crippen LogP contribution in [0.15, 0.2) is 72.9 Å². The zero-order valence-electron chi connectivity index (χ0n) is 17.4. The van der Waals surface area contributed by atoms with Gasteiger partial charge in [0.05, 0.1) is 32.1 Å². The van der Waals surface area contributed by atoms with E-state index in [4.69, 9.17) is 9.47 Å². The summed E-state index contributed by atoms with van der Waals surface area (Å²) >= 11 is 0. The molecule has 0 aliphatic carbocycles. The van der Waals surface area contributed by atoms with E-state index < -0.39 is 5.97 Å². The van der Waals surface area contributed by atoms with Crippen LogP contribution in [0.1, 0.15) is 10.4 Å². The van der Waals surface area contributed by atoms with E-state index in [2.05, 4.69) is 10.3 Å². The van der Waals surface area contributed by atoms with Crippen molar-refractivity contribution in [1.82, 2.24) is 15.0 Å². The summed E-state index contributed by atoms with van der Waals surface area (Å²) in [4.78, 5) is 11.1. The van der Waals surface area contributed by atoms with Crippen molar-refractivity contribution in [3.8, 4) is 39.6 Å². The number of aromatic nitrogens is 3. The van der Waals surface area contributed by atoms with Crippen LogP contribution in [-0.2, 0) is 0 Å². The molecule has 8 heteroatoms. The van der Waals surface area contributed by atoms with Crippen molar-refractivity contribution >= 4 is 5.97 Å². The Hall–Kier alpha value is -3.13. The van der Waals surface area contributed by atoms with Crippen molar-refractivity contribution in [3.63, 3.8) is 0 Å². The Bertz CT molecular complexity index is 1180. The maximum absolute atomic E-state index is 11.1. The van der Waals surface area contributed by atoms with Crippen molar-refractivity contribution < 1.29 is 48.9 Å². The Balaban J connectivity index is 0.00000272. The zero-order chi connectivity index (χ0) is 21.1. The quantitative estimate of drug-likeness (QED) is 0.405.